The molecule has 0 aromatic heterocycles. The van der Waals surface area contributed by atoms with Crippen LogP contribution >= 0.6 is 0 Å². The number of carbonyl (C=O) groups is 1. The van der Waals surface area contributed by atoms with Crippen molar-refractivity contribution in [3.63, 3.8) is 0 Å². The summed E-state index contributed by atoms with van der Waals surface area (Å²) in [6.07, 6.45) is -0.556. The van der Waals surface area contributed by atoms with Gasteiger partial charge in [-0.1, -0.05) is 18.2 Å². The van der Waals surface area contributed by atoms with Crippen LogP contribution in [0.25, 0.3) is 0 Å². The molecule has 0 heterocycles. The van der Waals surface area contributed by atoms with E-state index in [2.05, 4.69) is 5.32 Å². The van der Waals surface area contributed by atoms with Gasteiger partial charge in [0.2, 0.25) is 0 Å². The molecule has 20 heavy (non-hydrogen) atoms. The van der Waals surface area contributed by atoms with E-state index < -0.39 is 6.10 Å². The van der Waals surface area contributed by atoms with Gasteiger partial charge in [0, 0.05) is 12.1 Å². The molecule has 0 saturated carbocycles. The van der Waals surface area contributed by atoms with E-state index in [9.17, 15) is 4.79 Å². The Labute approximate surface area is 118 Å². The number of para-hydroxylation sites is 1. The third kappa shape index (κ3) is 4.10. The van der Waals surface area contributed by atoms with E-state index in [0.29, 0.717) is 11.3 Å². The van der Waals surface area contributed by atoms with Gasteiger partial charge in [-0.05, 0) is 43.3 Å². The molecule has 0 aliphatic carbocycles. The Balaban J connectivity index is 1.97. The maximum Gasteiger partial charge on any atom is 0.251 e. The highest BCUT2D eigenvalue weighted by Crippen LogP contribution is 2.20. The summed E-state index contributed by atoms with van der Waals surface area (Å²) >= 11 is 0. The first-order chi connectivity index (χ1) is 9.65. The lowest BCUT2D eigenvalue weighted by atomic mass is 10.2. The second kappa shape index (κ2) is 6.73. The molecule has 2 N–H and O–H groups in total. The van der Waals surface area contributed by atoms with Gasteiger partial charge in [0.1, 0.15) is 11.5 Å². The van der Waals surface area contributed by atoms with Gasteiger partial charge in [-0.15, -0.1) is 0 Å². The molecular weight excluding hydrogens is 254 g/mol. The number of aliphatic hydroxyl groups excluding tert-OH is 1. The van der Waals surface area contributed by atoms with Crippen molar-refractivity contribution in [2.24, 2.45) is 0 Å². The number of rotatable bonds is 5. The minimum Gasteiger partial charge on any atom is -0.457 e. The van der Waals surface area contributed by atoms with E-state index in [1.807, 2.05) is 30.3 Å². The molecular formula is C16H17NO3. The van der Waals surface area contributed by atoms with Crippen LogP contribution in [0.3, 0.4) is 0 Å². The average molecular weight is 271 g/mol. The van der Waals surface area contributed by atoms with E-state index in [1.54, 1.807) is 31.2 Å². The molecule has 2 rings (SSSR count). The van der Waals surface area contributed by atoms with E-state index in [1.165, 1.54) is 0 Å². The fourth-order valence-corrected chi connectivity index (χ4v) is 1.64. The molecule has 0 aliphatic rings. The van der Waals surface area contributed by atoms with Gasteiger partial charge in [-0.2, -0.15) is 0 Å². The van der Waals surface area contributed by atoms with Crippen LogP contribution in [0.15, 0.2) is 54.6 Å². The maximum absolute atomic E-state index is 11.8. The summed E-state index contributed by atoms with van der Waals surface area (Å²) in [6.45, 7) is 1.86. The minimum atomic E-state index is -0.556. The Morgan fingerprint density at radius 2 is 1.70 bits per heavy atom. The lowest BCUT2D eigenvalue weighted by Crippen LogP contribution is -2.30. The third-order valence-corrected chi connectivity index (χ3v) is 2.65. The number of amides is 1. The molecule has 1 atom stereocenters. The summed E-state index contributed by atoms with van der Waals surface area (Å²) in [4.78, 5) is 11.8. The van der Waals surface area contributed by atoms with Gasteiger partial charge >= 0.3 is 0 Å². The molecule has 4 heteroatoms. The Morgan fingerprint density at radius 1 is 1.10 bits per heavy atom. The van der Waals surface area contributed by atoms with E-state index in [-0.39, 0.29) is 12.5 Å². The number of nitrogens with one attached hydrogen (secondary N) is 1. The number of hydrogen-bond donors (Lipinski definition) is 2. The molecule has 0 aliphatic heterocycles. The van der Waals surface area contributed by atoms with E-state index in [0.717, 1.165) is 5.75 Å². The molecule has 0 bridgehead atoms. The van der Waals surface area contributed by atoms with E-state index in [4.69, 9.17) is 9.84 Å². The molecule has 0 radical (unpaired) electrons. The number of ether oxygens (including phenoxy) is 1. The minimum absolute atomic E-state index is 0.211. The Kier molecular flexibility index (Phi) is 4.74. The standard InChI is InChI=1S/C16H17NO3/c1-12(18)11-17-16(19)13-7-9-15(10-8-13)20-14-5-3-2-4-6-14/h2-10,12,18H,11H2,1H3,(H,17,19)/t12-/m0/s1. The van der Waals surface area contributed by atoms with Crippen molar-refractivity contribution >= 4 is 5.91 Å². The van der Waals surface area contributed by atoms with Crippen LogP contribution in [0.4, 0.5) is 0 Å². The topological polar surface area (TPSA) is 58.6 Å². The van der Waals surface area contributed by atoms with Crippen LogP contribution in [0.2, 0.25) is 0 Å². The zero-order valence-electron chi connectivity index (χ0n) is 11.2. The quantitative estimate of drug-likeness (QED) is 0.878. The normalized spacial score (nSPS) is 11.7. The Morgan fingerprint density at radius 3 is 2.30 bits per heavy atom. The van der Waals surface area contributed by atoms with Crippen LogP contribution in [0.5, 0.6) is 11.5 Å². The number of hydrogen-bond acceptors (Lipinski definition) is 3. The molecule has 0 fully saturated rings. The van der Waals surface area contributed by atoms with Crippen molar-refractivity contribution < 1.29 is 14.6 Å². The van der Waals surface area contributed by atoms with E-state index >= 15 is 0 Å². The average Bonchev–Trinajstić information content (AvgIpc) is 2.46. The highest BCUT2D eigenvalue weighted by Gasteiger charge is 2.06. The van der Waals surface area contributed by atoms with Crippen LogP contribution < -0.4 is 10.1 Å². The first-order valence-corrected chi connectivity index (χ1v) is 6.44. The smallest absolute Gasteiger partial charge is 0.251 e. The molecule has 2 aromatic carbocycles. The van der Waals surface area contributed by atoms with Crippen molar-refractivity contribution in [2.45, 2.75) is 13.0 Å². The third-order valence-electron chi connectivity index (χ3n) is 2.65. The Hall–Kier alpha value is -2.33. The molecule has 4 nitrogen and oxygen atoms in total. The van der Waals surface area contributed by atoms with Gasteiger partial charge < -0.3 is 15.2 Å². The molecule has 1 amide bonds. The van der Waals surface area contributed by atoms with Crippen LogP contribution in [0, 0.1) is 0 Å². The second-order valence-corrected chi connectivity index (χ2v) is 4.50. The highest BCUT2D eigenvalue weighted by atomic mass is 16.5. The number of benzene rings is 2. The summed E-state index contributed by atoms with van der Waals surface area (Å²) < 4.78 is 5.64. The zero-order chi connectivity index (χ0) is 14.4. The molecule has 104 valence electrons. The second-order valence-electron chi connectivity index (χ2n) is 4.50. The fraction of sp³-hybridized carbons (Fsp3) is 0.188. The van der Waals surface area contributed by atoms with Crippen molar-refractivity contribution in [1.82, 2.24) is 5.32 Å². The number of carbonyl (C=O) groups excluding carboxylic acids is 1. The Bertz CT molecular complexity index is 550. The van der Waals surface area contributed by atoms with Gasteiger partial charge in [0.05, 0.1) is 6.10 Å². The van der Waals surface area contributed by atoms with Gasteiger partial charge in [-0.3, -0.25) is 4.79 Å². The van der Waals surface area contributed by atoms with Crippen molar-refractivity contribution in [2.75, 3.05) is 6.54 Å². The number of aliphatic hydroxyl groups is 1. The molecule has 2 aromatic rings. The van der Waals surface area contributed by atoms with Crippen LogP contribution in [-0.4, -0.2) is 23.7 Å². The highest BCUT2D eigenvalue weighted by molar-refractivity contribution is 5.94. The van der Waals surface area contributed by atoms with Crippen molar-refractivity contribution in [1.29, 1.82) is 0 Å². The van der Waals surface area contributed by atoms with Gasteiger partial charge in [0.25, 0.3) is 5.91 Å². The summed E-state index contributed by atoms with van der Waals surface area (Å²) in [6, 6.07) is 16.3. The van der Waals surface area contributed by atoms with Gasteiger partial charge in [0.15, 0.2) is 0 Å². The van der Waals surface area contributed by atoms with Crippen molar-refractivity contribution in [3.8, 4) is 11.5 Å². The lowest BCUT2D eigenvalue weighted by Gasteiger charge is -2.08. The SMILES string of the molecule is C[C@H](O)CNC(=O)c1ccc(Oc2ccccc2)cc1. The fourth-order valence-electron chi connectivity index (χ4n) is 1.64. The largest absolute Gasteiger partial charge is 0.457 e. The van der Waals surface area contributed by atoms with Crippen LogP contribution in [-0.2, 0) is 0 Å². The summed E-state index contributed by atoms with van der Waals surface area (Å²) in [5.41, 5.74) is 0.533. The predicted octanol–water partition coefficient (Wildman–Crippen LogP) is 2.59. The lowest BCUT2D eigenvalue weighted by molar-refractivity contribution is 0.0924. The monoisotopic (exact) mass is 271 g/mol. The molecule has 0 spiro atoms. The zero-order valence-corrected chi connectivity index (χ0v) is 11.2. The predicted molar refractivity (Wildman–Crippen MR) is 77.0 cm³/mol. The molecule has 0 saturated heterocycles. The summed E-state index contributed by atoms with van der Waals surface area (Å²) in [5, 5.41) is 11.8. The van der Waals surface area contributed by atoms with Gasteiger partial charge in [-0.25, -0.2) is 0 Å². The summed E-state index contributed by atoms with van der Waals surface area (Å²) in [7, 11) is 0. The maximum atomic E-state index is 11.8. The summed E-state index contributed by atoms with van der Waals surface area (Å²) in [5.74, 6) is 1.21. The van der Waals surface area contributed by atoms with Crippen molar-refractivity contribution in [3.05, 3.63) is 60.2 Å². The molecule has 0 unspecified atom stereocenters. The first kappa shape index (κ1) is 14.1. The first-order valence-electron chi connectivity index (χ1n) is 6.44. The van der Waals surface area contributed by atoms with Crippen LogP contribution in [0.1, 0.15) is 17.3 Å².